The molecule has 0 fully saturated rings. The van der Waals surface area contributed by atoms with Gasteiger partial charge in [-0.05, 0) is 13.8 Å². The smallest absolute Gasteiger partial charge is 0.186 e. The van der Waals surface area contributed by atoms with Crippen molar-refractivity contribution >= 4 is 16.6 Å². The summed E-state index contributed by atoms with van der Waals surface area (Å²) >= 11 is 0. The number of anilines is 1. The SMILES string of the molecule is Cc1ncnc(NCC(C)S(C)=O)c1F. The molecule has 0 aliphatic rings. The summed E-state index contributed by atoms with van der Waals surface area (Å²) in [6.45, 7) is 3.83. The number of hydrogen-bond donors (Lipinski definition) is 1. The van der Waals surface area contributed by atoms with Crippen LogP contribution in [0.15, 0.2) is 6.33 Å². The molecule has 0 radical (unpaired) electrons. The molecule has 15 heavy (non-hydrogen) atoms. The molecule has 0 saturated carbocycles. The van der Waals surface area contributed by atoms with Gasteiger partial charge in [0.1, 0.15) is 6.33 Å². The van der Waals surface area contributed by atoms with Crippen LogP contribution in [0.3, 0.4) is 0 Å². The van der Waals surface area contributed by atoms with Gasteiger partial charge in [0.25, 0.3) is 0 Å². The quantitative estimate of drug-likeness (QED) is 0.843. The summed E-state index contributed by atoms with van der Waals surface area (Å²) < 4.78 is 24.5. The molecule has 0 spiro atoms. The second-order valence-corrected chi connectivity index (χ2v) is 5.11. The second-order valence-electron chi connectivity index (χ2n) is 3.31. The Hall–Kier alpha value is -1.04. The van der Waals surface area contributed by atoms with Gasteiger partial charge in [0.05, 0.1) is 5.69 Å². The van der Waals surface area contributed by atoms with E-state index < -0.39 is 16.6 Å². The maximum Gasteiger partial charge on any atom is 0.186 e. The molecule has 0 aromatic carbocycles. The summed E-state index contributed by atoms with van der Waals surface area (Å²) in [7, 11) is -0.924. The van der Waals surface area contributed by atoms with E-state index in [9.17, 15) is 8.60 Å². The van der Waals surface area contributed by atoms with Crippen LogP contribution in [-0.2, 0) is 10.8 Å². The van der Waals surface area contributed by atoms with Crippen LogP contribution in [0.5, 0.6) is 0 Å². The minimum absolute atomic E-state index is 0.0420. The van der Waals surface area contributed by atoms with E-state index in [1.807, 2.05) is 6.92 Å². The van der Waals surface area contributed by atoms with Gasteiger partial charge < -0.3 is 5.32 Å². The zero-order chi connectivity index (χ0) is 11.4. The first-order chi connectivity index (χ1) is 7.02. The van der Waals surface area contributed by atoms with Crippen LogP contribution in [0, 0.1) is 12.7 Å². The molecular formula is C9H14FN3OS. The van der Waals surface area contributed by atoms with Crippen molar-refractivity contribution in [2.45, 2.75) is 19.1 Å². The number of halogens is 1. The summed E-state index contributed by atoms with van der Waals surface area (Å²) in [6, 6.07) is 0. The Morgan fingerprint density at radius 3 is 2.87 bits per heavy atom. The summed E-state index contributed by atoms with van der Waals surface area (Å²) in [4.78, 5) is 7.49. The Labute approximate surface area is 90.8 Å². The molecule has 2 unspecified atom stereocenters. The first kappa shape index (κ1) is 12.0. The van der Waals surface area contributed by atoms with Gasteiger partial charge in [-0.2, -0.15) is 0 Å². The van der Waals surface area contributed by atoms with Gasteiger partial charge in [-0.3, -0.25) is 4.21 Å². The topological polar surface area (TPSA) is 54.9 Å². The van der Waals surface area contributed by atoms with Crippen molar-refractivity contribution in [3.63, 3.8) is 0 Å². The molecule has 84 valence electrons. The van der Waals surface area contributed by atoms with E-state index in [0.717, 1.165) is 0 Å². The molecule has 0 amide bonds. The van der Waals surface area contributed by atoms with Crippen molar-refractivity contribution in [2.75, 3.05) is 18.1 Å². The molecule has 0 aliphatic heterocycles. The van der Waals surface area contributed by atoms with Crippen LogP contribution in [0.1, 0.15) is 12.6 Å². The zero-order valence-corrected chi connectivity index (χ0v) is 9.77. The van der Waals surface area contributed by atoms with E-state index in [1.165, 1.54) is 6.33 Å². The van der Waals surface area contributed by atoms with E-state index in [4.69, 9.17) is 0 Å². The molecule has 1 rings (SSSR count). The highest BCUT2D eigenvalue weighted by atomic mass is 32.2. The lowest BCUT2D eigenvalue weighted by molar-refractivity contribution is 0.604. The van der Waals surface area contributed by atoms with Gasteiger partial charge >= 0.3 is 0 Å². The summed E-state index contributed by atoms with van der Waals surface area (Å²) in [5.74, 6) is -0.286. The van der Waals surface area contributed by atoms with Crippen LogP contribution < -0.4 is 5.32 Å². The third kappa shape index (κ3) is 3.23. The Morgan fingerprint density at radius 1 is 1.60 bits per heavy atom. The van der Waals surface area contributed by atoms with E-state index in [0.29, 0.717) is 12.2 Å². The van der Waals surface area contributed by atoms with Crippen molar-refractivity contribution in [3.05, 3.63) is 17.8 Å². The van der Waals surface area contributed by atoms with Crippen LogP contribution in [-0.4, -0.2) is 32.2 Å². The Balaban J connectivity index is 2.66. The third-order valence-corrected chi connectivity index (χ3v) is 3.39. The van der Waals surface area contributed by atoms with Crippen molar-refractivity contribution in [1.29, 1.82) is 0 Å². The van der Waals surface area contributed by atoms with Crippen molar-refractivity contribution in [3.8, 4) is 0 Å². The predicted molar refractivity (Wildman–Crippen MR) is 58.7 cm³/mol. The molecule has 0 aliphatic carbocycles. The van der Waals surface area contributed by atoms with Gasteiger partial charge in [0.2, 0.25) is 0 Å². The summed E-state index contributed by atoms with van der Waals surface area (Å²) in [5.41, 5.74) is 0.303. The standard InChI is InChI=1S/C9H14FN3OS/c1-6(15(3)14)4-11-9-8(10)7(2)12-5-13-9/h5-6H,4H2,1-3H3,(H,11,12,13). The number of aryl methyl sites for hydroxylation is 1. The molecular weight excluding hydrogens is 217 g/mol. The molecule has 1 heterocycles. The minimum Gasteiger partial charge on any atom is -0.366 e. The highest BCUT2D eigenvalue weighted by Crippen LogP contribution is 2.11. The van der Waals surface area contributed by atoms with E-state index in [-0.39, 0.29) is 11.1 Å². The van der Waals surface area contributed by atoms with Crippen molar-refractivity contribution in [1.82, 2.24) is 9.97 Å². The number of nitrogens with zero attached hydrogens (tertiary/aromatic N) is 2. The van der Waals surface area contributed by atoms with Crippen molar-refractivity contribution in [2.24, 2.45) is 0 Å². The molecule has 0 bridgehead atoms. The molecule has 2 atom stereocenters. The largest absolute Gasteiger partial charge is 0.366 e. The van der Waals surface area contributed by atoms with Gasteiger partial charge in [-0.1, -0.05) is 0 Å². The average Bonchev–Trinajstić information content (AvgIpc) is 2.19. The van der Waals surface area contributed by atoms with Gasteiger partial charge in [0.15, 0.2) is 11.6 Å². The van der Waals surface area contributed by atoms with Crippen LogP contribution in [0.25, 0.3) is 0 Å². The minimum atomic E-state index is -0.924. The van der Waals surface area contributed by atoms with Crippen LogP contribution >= 0.6 is 0 Å². The summed E-state index contributed by atoms with van der Waals surface area (Å²) in [5, 5.41) is 2.77. The first-order valence-electron chi connectivity index (χ1n) is 4.55. The third-order valence-electron chi connectivity index (χ3n) is 2.09. The average molecular weight is 231 g/mol. The van der Waals surface area contributed by atoms with Crippen LogP contribution in [0.2, 0.25) is 0 Å². The zero-order valence-electron chi connectivity index (χ0n) is 8.95. The first-order valence-corrected chi connectivity index (χ1v) is 6.17. The number of aromatic nitrogens is 2. The fourth-order valence-corrected chi connectivity index (χ4v) is 1.26. The predicted octanol–water partition coefficient (Wildman–Crippen LogP) is 1.10. The highest BCUT2D eigenvalue weighted by Gasteiger charge is 2.10. The van der Waals surface area contributed by atoms with Gasteiger partial charge in [-0.15, -0.1) is 0 Å². The molecule has 4 nitrogen and oxygen atoms in total. The Bertz CT molecular complexity index is 372. The fourth-order valence-electron chi connectivity index (χ4n) is 0.939. The molecule has 1 N–H and O–H groups in total. The monoisotopic (exact) mass is 231 g/mol. The molecule has 0 saturated heterocycles. The van der Waals surface area contributed by atoms with E-state index >= 15 is 0 Å². The second kappa shape index (κ2) is 5.16. The Kier molecular flexibility index (Phi) is 4.14. The normalized spacial score (nSPS) is 14.7. The maximum absolute atomic E-state index is 13.4. The fraction of sp³-hybridized carbons (Fsp3) is 0.556. The lowest BCUT2D eigenvalue weighted by Crippen LogP contribution is -2.21. The maximum atomic E-state index is 13.4. The van der Waals surface area contributed by atoms with E-state index in [1.54, 1.807) is 13.2 Å². The lowest BCUT2D eigenvalue weighted by atomic mass is 10.4. The van der Waals surface area contributed by atoms with Gasteiger partial charge in [0, 0.05) is 28.9 Å². The molecule has 1 aromatic heterocycles. The number of nitrogens with one attached hydrogen (secondary N) is 1. The lowest BCUT2D eigenvalue weighted by Gasteiger charge is -2.11. The number of rotatable bonds is 4. The van der Waals surface area contributed by atoms with Gasteiger partial charge in [-0.25, -0.2) is 14.4 Å². The van der Waals surface area contributed by atoms with Crippen molar-refractivity contribution < 1.29 is 8.60 Å². The van der Waals surface area contributed by atoms with Crippen LogP contribution in [0.4, 0.5) is 10.2 Å². The highest BCUT2D eigenvalue weighted by molar-refractivity contribution is 7.84. The molecule has 6 heteroatoms. The molecule has 1 aromatic rings. The number of hydrogen-bond acceptors (Lipinski definition) is 4. The van der Waals surface area contributed by atoms with E-state index in [2.05, 4.69) is 15.3 Å². The Morgan fingerprint density at radius 2 is 2.27 bits per heavy atom. The summed E-state index contributed by atoms with van der Waals surface area (Å²) in [6.07, 6.45) is 2.92.